The molecular weight excluding hydrogens is 717 g/mol. The number of nitrogens with one attached hydrogen (secondary N) is 4. The van der Waals surface area contributed by atoms with Gasteiger partial charge in [-0.2, -0.15) is 11.8 Å². The topological polar surface area (TPSA) is 102 Å². The van der Waals surface area contributed by atoms with E-state index in [2.05, 4.69) is 79.6 Å². The molecule has 4 fully saturated rings. The van der Waals surface area contributed by atoms with E-state index in [9.17, 15) is 9.59 Å². The molecule has 0 spiro atoms. The second kappa shape index (κ2) is 17.6. The van der Waals surface area contributed by atoms with Gasteiger partial charge >= 0.3 is 12.1 Å². The Morgan fingerprint density at radius 1 is 0.571 bits per heavy atom. The Kier molecular flexibility index (Phi) is 11.9. The first-order valence-corrected chi connectivity index (χ1v) is 23.1. The van der Waals surface area contributed by atoms with E-state index in [1.54, 1.807) is 34.0 Å². The fourth-order valence-electron chi connectivity index (χ4n) is 11.4. The van der Waals surface area contributed by atoms with Crippen LogP contribution >= 0.6 is 11.8 Å². The Morgan fingerprint density at radius 2 is 1.02 bits per heavy atom. The molecule has 5 heterocycles. The lowest BCUT2D eigenvalue weighted by atomic mass is 9.84. The van der Waals surface area contributed by atoms with Gasteiger partial charge in [0.15, 0.2) is 0 Å². The molecular formula is C46H62N6O3S. The molecule has 4 bridgehead atoms. The van der Waals surface area contributed by atoms with E-state index in [0.29, 0.717) is 37.3 Å². The van der Waals surface area contributed by atoms with Crippen molar-refractivity contribution < 1.29 is 14.0 Å². The van der Waals surface area contributed by atoms with E-state index in [4.69, 9.17) is 4.42 Å². The molecule has 0 radical (unpaired) electrons. The van der Waals surface area contributed by atoms with Crippen LogP contribution in [-0.2, 0) is 12.3 Å². The van der Waals surface area contributed by atoms with E-state index >= 15 is 0 Å². The molecule has 4 N–H and O–H groups in total. The molecule has 4 atom stereocenters. The number of hydrogen-bond donors (Lipinski definition) is 4. The van der Waals surface area contributed by atoms with Crippen LogP contribution in [0.3, 0.4) is 0 Å². The lowest BCUT2D eigenvalue weighted by Crippen LogP contribution is -2.44. The van der Waals surface area contributed by atoms with Crippen molar-refractivity contribution in [2.75, 3.05) is 25.4 Å². The first kappa shape index (κ1) is 38.1. The van der Waals surface area contributed by atoms with Crippen LogP contribution in [0.5, 0.6) is 0 Å². The van der Waals surface area contributed by atoms with Crippen molar-refractivity contribution in [2.45, 2.75) is 138 Å². The number of carbonyl (C=O) groups excluding carboxylic acids is 2. The number of hydrogen-bond acceptors (Lipinski definition) is 6. The molecule has 2 aliphatic carbocycles. The van der Waals surface area contributed by atoms with Gasteiger partial charge in [-0.05, 0) is 149 Å². The summed E-state index contributed by atoms with van der Waals surface area (Å²) in [4.78, 5) is 30.9. The zero-order valence-electron chi connectivity index (χ0n) is 33.1. The second-order valence-electron chi connectivity index (χ2n) is 17.6. The SMILES string of the molecule is O=C(NCCSCc1ccc(CNC(=O)NC2CCC(CCN3C4CCC3c3ccccc34)CC2)o1)NC1CCC(CCN2C3CCC2c2ccccc23)CC1. The van der Waals surface area contributed by atoms with E-state index in [-0.39, 0.29) is 24.1 Å². The van der Waals surface area contributed by atoms with Crippen LogP contribution in [0.25, 0.3) is 0 Å². The molecule has 2 saturated carbocycles. The van der Waals surface area contributed by atoms with Gasteiger partial charge in [-0.3, -0.25) is 9.80 Å². The lowest BCUT2D eigenvalue weighted by molar-refractivity contribution is 0.185. The zero-order valence-corrected chi connectivity index (χ0v) is 33.9. The van der Waals surface area contributed by atoms with Crippen LogP contribution in [0.1, 0.15) is 148 Å². The normalized spacial score (nSPS) is 29.2. The van der Waals surface area contributed by atoms with Gasteiger partial charge in [-0.15, -0.1) is 0 Å². The second-order valence-corrected chi connectivity index (χ2v) is 18.7. The van der Waals surface area contributed by atoms with Gasteiger partial charge in [0.1, 0.15) is 11.5 Å². The number of urea groups is 2. The van der Waals surface area contributed by atoms with E-state index in [0.717, 1.165) is 60.5 Å². The average molecular weight is 779 g/mol. The van der Waals surface area contributed by atoms with Crippen molar-refractivity contribution >= 4 is 23.8 Å². The number of thioether (sulfide) groups is 1. The summed E-state index contributed by atoms with van der Waals surface area (Å²) in [6.45, 7) is 3.40. The standard InChI is InChI=1S/C46H62N6O3S/c53-45(49-33-13-9-31(10-14-33)23-26-51-41-19-20-42(51)38-6-2-1-5-37(38)41)47-25-28-56-30-36-18-17-35(55-36)29-48-46(54)50-34-15-11-32(12-16-34)24-27-52-43-21-22-44(52)40-8-4-3-7-39(40)43/h1-8,17-18,31-34,41-44H,9-16,19-30H2,(H2,47,49,53)(H2,48,50,54). The summed E-state index contributed by atoms with van der Waals surface area (Å²) >= 11 is 1.74. The third kappa shape index (κ3) is 8.53. The molecule has 2 saturated heterocycles. The molecule has 4 amide bonds. The van der Waals surface area contributed by atoms with Gasteiger partial charge in [-0.1, -0.05) is 48.5 Å². The predicted octanol–water partition coefficient (Wildman–Crippen LogP) is 9.29. The van der Waals surface area contributed by atoms with Crippen molar-refractivity contribution in [3.05, 3.63) is 94.4 Å². The highest BCUT2D eigenvalue weighted by Gasteiger charge is 2.44. The van der Waals surface area contributed by atoms with Crippen LogP contribution in [0.15, 0.2) is 65.1 Å². The summed E-state index contributed by atoms with van der Waals surface area (Å²) in [5.74, 6) is 4.73. The Hall–Kier alpha value is -3.47. The molecule has 4 aliphatic heterocycles. The summed E-state index contributed by atoms with van der Waals surface area (Å²) in [6, 6.07) is 25.0. The summed E-state index contributed by atoms with van der Waals surface area (Å²) in [6.07, 6.45) is 16.9. The summed E-state index contributed by atoms with van der Waals surface area (Å²) in [5.41, 5.74) is 6.29. The molecule has 300 valence electrons. The minimum atomic E-state index is -0.111. The highest BCUT2D eigenvalue weighted by Crippen LogP contribution is 2.54. The van der Waals surface area contributed by atoms with E-state index in [1.165, 1.54) is 77.3 Å². The van der Waals surface area contributed by atoms with Crippen molar-refractivity contribution in [1.82, 2.24) is 31.1 Å². The maximum Gasteiger partial charge on any atom is 0.315 e. The highest BCUT2D eigenvalue weighted by atomic mass is 32.2. The molecule has 9 rings (SSSR count). The van der Waals surface area contributed by atoms with Gasteiger partial charge in [-0.25, -0.2) is 9.59 Å². The first-order valence-electron chi connectivity index (χ1n) is 22.0. The minimum Gasteiger partial charge on any atom is -0.463 e. The van der Waals surface area contributed by atoms with Gasteiger partial charge < -0.3 is 25.7 Å². The maximum absolute atomic E-state index is 12.7. The fourth-order valence-corrected chi connectivity index (χ4v) is 12.2. The summed E-state index contributed by atoms with van der Waals surface area (Å²) in [5, 5.41) is 12.5. The number of benzene rings is 2. The molecule has 56 heavy (non-hydrogen) atoms. The number of rotatable bonds is 15. The largest absolute Gasteiger partial charge is 0.463 e. The fraction of sp³-hybridized carbons (Fsp3) is 0.609. The number of amides is 4. The van der Waals surface area contributed by atoms with Crippen molar-refractivity contribution in [1.29, 1.82) is 0 Å². The van der Waals surface area contributed by atoms with E-state index < -0.39 is 0 Å². The zero-order chi connectivity index (χ0) is 37.8. The number of carbonyl (C=O) groups is 2. The Balaban J connectivity index is 0.588. The quantitative estimate of drug-likeness (QED) is 0.115. The highest BCUT2D eigenvalue weighted by molar-refractivity contribution is 7.98. The Bertz CT molecular complexity index is 1740. The van der Waals surface area contributed by atoms with Gasteiger partial charge in [0.25, 0.3) is 0 Å². The monoisotopic (exact) mass is 778 g/mol. The van der Waals surface area contributed by atoms with Gasteiger partial charge in [0, 0.05) is 48.5 Å². The molecule has 4 unspecified atom stereocenters. The van der Waals surface area contributed by atoms with Crippen LogP contribution < -0.4 is 21.3 Å². The smallest absolute Gasteiger partial charge is 0.315 e. The van der Waals surface area contributed by atoms with Crippen LogP contribution in [-0.4, -0.2) is 59.3 Å². The van der Waals surface area contributed by atoms with Crippen molar-refractivity contribution in [3.8, 4) is 0 Å². The van der Waals surface area contributed by atoms with Crippen molar-refractivity contribution in [3.63, 3.8) is 0 Å². The summed E-state index contributed by atoms with van der Waals surface area (Å²) in [7, 11) is 0. The average Bonchev–Trinajstić information content (AvgIpc) is 4.07. The third-order valence-corrected chi connectivity index (χ3v) is 15.3. The molecule has 6 aliphatic rings. The van der Waals surface area contributed by atoms with Crippen LogP contribution in [0.2, 0.25) is 0 Å². The van der Waals surface area contributed by atoms with Crippen LogP contribution in [0, 0.1) is 11.8 Å². The van der Waals surface area contributed by atoms with Crippen molar-refractivity contribution in [2.24, 2.45) is 11.8 Å². The molecule has 10 heteroatoms. The molecule has 3 aromatic rings. The molecule has 2 aromatic carbocycles. The summed E-state index contributed by atoms with van der Waals surface area (Å²) < 4.78 is 5.99. The molecule has 1 aromatic heterocycles. The van der Waals surface area contributed by atoms with Gasteiger partial charge in [0.05, 0.1) is 12.3 Å². The third-order valence-electron chi connectivity index (χ3n) is 14.3. The Labute approximate surface area is 337 Å². The van der Waals surface area contributed by atoms with E-state index in [1.807, 2.05) is 12.1 Å². The number of furan rings is 1. The number of fused-ring (bicyclic) bond motifs is 10. The lowest BCUT2D eigenvalue weighted by Gasteiger charge is -2.31. The van der Waals surface area contributed by atoms with Crippen LogP contribution in [0.4, 0.5) is 9.59 Å². The first-order chi connectivity index (χ1) is 27.6. The van der Waals surface area contributed by atoms with Gasteiger partial charge in [0.2, 0.25) is 0 Å². The maximum atomic E-state index is 12.7. The Morgan fingerprint density at radius 3 is 1.50 bits per heavy atom. The minimum absolute atomic E-state index is 0.0474. The predicted molar refractivity (Wildman–Crippen MR) is 223 cm³/mol. The number of nitrogens with zero attached hydrogens (tertiary/aromatic N) is 2. The molecule has 9 nitrogen and oxygen atoms in total.